The summed E-state index contributed by atoms with van der Waals surface area (Å²) in [5, 5.41) is 3.41. The van der Waals surface area contributed by atoms with Crippen molar-refractivity contribution in [1.82, 2.24) is 5.32 Å². The maximum Gasteiger partial charge on any atom is 0.150 e. The van der Waals surface area contributed by atoms with Gasteiger partial charge in [0.1, 0.15) is 12.4 Å². The lowest BCUT2D eigenvalue weighted by Crippen LogP contribution is -2.35. The van der Waals surface area contributed by atoms with Crippen LogP contribution in [-0.2, 0) is 16.4 Å². The van der Waals surface area contributed by atoms with Crippen LogP contribution in [0.15, 0.2) is 22.7 Å². The molecule has 0 radical (unpaired) electrons. The first-order valence-corrected chi connectivity index (χ1v) is 9.26. The minimum absolute atomic E-state index is 0.0206. The Bertz CT molecular complexity index is 550. The fraction of sp³-hybridized carbons (Fsp3) is 0.571. The van der Waals surface area contributed by atoms with Gasteiger partial charge in [-0.25, -0.2) is 8.42 Å². The molecule has 1 N–H and O–H groups in total. The third-order valence-electron chi connectivity index (χ3n) is 2.53. The predicted molar refractivity (Wildman–Crippen MR) is 85.9 cm³/mol. The lowest BCUT2D eigenvalue weighted by molar-refractivity contribution is 0.338. The second-order valence-electron chi connectivity index (χ2n) is 5.85. The van der Waals surface area contributed by atoms with E-state index in [0.29, 0.717) is 5.75 Å². The molecule has 6 heteroatoms. The number of ether oxygens (including phenoxy) is 1. The van der Waals surface area contributed by atoms with E-state index < -0.39 is 9.84 Å². The van der Waals surface area contributed by atoms with Crippen molar-refractivity contribution in [2.24, 2.45) is 0 Å². The molecule has 0 unspecified atom stereocenters. The summed E-state index contributed by atoms with van der Waals surface area (Å²) in [5.74, 6) is 0.681. The summed E-state index contributed by atoms with van der Waals surface area (Å²) in [7, 11) is -2.99. The van der Waals surface area contributed by atoms with E-state index in [1.165, 1.54) is 6.26 Å². The molecule has 0 amide bonds. The fourth-order valence-electron chi connectivity index (χ4n) is 1.44. The Hall–Kier alpha value is -0.590. The van der Waals surface area contributed by atoms with Crippen LogP contribution in [0.4, 0.5) is 0 Å². The standard InChI is InChI=1S/C14H22BrNO3S/c1-14(2,3)16-10-11-5-6-13(12(15)9-11)19-7-8-20(4,17)18/h5-6,9,16H,7-8,10H2,1-4H3. The van der Waals surface area contributed by atoms with Gasteiger partial charge in [0, 0.05) is 18.3 Å². The van der Waals surface area contributed by atoms with Gasteiger partial charge in [-0.05, 0) is 54.4 Å². The molecule has 0 fully saturated rings. The van der Waals surface area contributed by atoms with E-state index in [4.69, 9.17) is 4.74 Å². The van der Waals surface area contributed by atoms with E-state index in [9.17, 15) is 8.42 Å². The first-order chi connectivity index (χ1) is 9.07. The maximum absolute atomic E-state index is 11.0. The van der Waals surface area contributed by atoms with Crippen LogP contribution in [0.5, 0.6) is 5.75 Å². The van der Waals surface area contributed by atoms with E-state index in [0.717, 1.165) is 16.6 Å². The Morgan fingerprint density at radius 2 is 1.95 bits per heavy atom. The largest absolute Gasteiger partial charge is 0.491 e. The van der Waals surface area contributed by atoms with Gasteiger partial charge in [0.05, 0.1) is 10.2 Å². The molecule has 0 aromatic heterocycles. The van der Waals surface area contributed by atoms with Gasteiger partial charge in [0.2, 0.25) is 0 Å². The zero-order chi connectivity index (χ0) is 15.4. The molecular formula is C14H22BrNO3S. The molecule has 1 aromatic carbocycles. The van der Waals surface area contributed by atoms with Crippen molar-refractivity contribution >= 4 is 25.8 Å². The predicted octanol–water partition coefficient (Wildman–Crippen LogP) is 2.76. The van der Waals surface area contributed by atoms with E-state index >= 15 is 0 Å². The van der Waals surface area contributed by atoms with E-state index in [-0.39, 0.29) is 17.9 Å². The van der Waals surface area contributed by atoms with Crippen LogP contribution in [0.2, 0.25) is 0 Å². The van der Waals surface area contributed by atoms with Crippen molar-refractivity contribution < 1.29 is 13.2 Å². The van der Waals surface area contributed by atoms with Crippen molar-refractivity contribution in [1.29, 1.82) is 0 Å². The highest BCUT2D eigenvalue weighted by molar-refractivity contribution is 9.10. The second-order valence-corrected chi connectivity index (χ2v) is 8.96. The highest BCUT2D eigenvalue weighted by Crippen LogP contribution is 2.26. The SMILES string of the molecule is CC(C)(C)NCc1ccc(OCCS(C)(=O)=O)c(Br)c1. The molecule has 0 spiro atoms. The first-order valence-electron chi connectivity index (χ1n) is 6.41. The van der Waals surface area contributed by atoms with Crippen LogP contribution >= 0.6 is 15.9 Å². The molecule has 0 heterocycles. The molecule has 1 rings (SSSR count). The summed E-state index contributed by atoms with van der Waals surface area (Å²) < 4.78 is 28.4. The van der Waals surface area contributed by atoms with E-state index in [2.05, 4.69) is 42.0 Å². The lowest BCUT2D eigenvalue weighted by atomic mass is 10.1. The zero-order valence-corrected chi connectivity index (χ0v) is 14.8. The van der Waals surface area contributed by atoms with Crippen molar-refractivity contribution in [3.05, 3.63) is 28.2 Å². The highest BCUT2D eigenvalue weighted by Gasteiger charge is 2.10. The van der Waals surface area contributed by atoms with Crippen molar-refractivity contribution in [2.45, 2.75) is 32.9 Å². The normalized spacial score (nSPS) is 12.4. The number of hydrogen-bond donors (Lipinski definition) is 1. The van der Waals surface area contributed by atoms with Crippen molar-refractivity contribution in [3.63, 3.8) is 0 Å². The van der Waals surface area contributed by atoms with Crippen LogP contribution in [0.3, 0.4) is 0 Å². The molecule has 114 valence electrons. The molecule has 0 saturated heterocycles. The molecule has 0 aliphatic heterocycles. The van der Waals surface area contributed by atoms with Crippen LogP contribution in [0, 0.1) is 0 Å². The van der Waals surface area contributed by atoms with Gasteiger partial charge in [0.15, 0.2) is 9.84 Å². The van der Waals surface area contributed by atoms with Crippen LogP contribution < -0.4 is 10.1 Å². The third kappa shape index (κ3) is 7.26. The monoisotopic (exact) mass is 363 g/mol. The second kappa shape index (κ2) is 6.91. The fourth-order valence-corrected chi connectivity index (χ4v) is 2.37. The molecule has 1 aromatic rings. The van der Waals surface area contributed by atoms with Crippen LogP contribution in [-0.4, -0.2) is 32.6 Å². The Balaban J connectivity index is 2.59. The number of nitrogens with one attached hydrogen (secondary N) is 1. The van der Waals surface area contributed by atoms with Crippen molar-refractivity contribution in [3.8, 4) is 5.75 Å². The average Bonchev–Trinajstić information content (AvgIpc) is 2.26. The summed E-state index contributed by atoms with van der Waals surface area (Å²) >= 11 is 3.45. The Kier molecular flexibility index (Phi) is 6.04. The van der Waals surface area contributed by atoms with Crippen LogP contribution in [0.25, 0.3) is 0 Å². The summed E-state index contributed by atoms with van der Waals surface area (Å²) in [6.45, 7) is 7.28. The highest BCUT2D eigenvalue weighted by atomic mass is 79.9. The average molecular weight is 364 g/mol. The molecule has 0 aliphatic rings. The van der Waals surface area contributed by atoms with Crippen molar-refractivity contribution in [2.75, 3.05) is 18.6 Å². The number of benzene rings is 1. The summed E-state index contributed by atoms with van der Waals surface area (Å²) in [4.78, 5) is 0. The number of hydrogen-bond acceptors (Lipinski definition) is 4. The Morgan fingerprint density at radius 1 is 1.30 bits per heavy atom. The quantitative estimate of drug-likeness (QED) is 0.844. The molecular weight excluding hydrogens is 342 g/mol. The van der Waals surface area contributed by atoms with Gasteiger partial charge in [-0.2, -0.15) is 0 Å². The number of rotatable bonds is 6. The number of halogens is 1. The van der Waals surface area contributed by atoms with E-state index in [1.54, 1.807) is 0 Å². The molecule has 0 aliphatic carbocycles. The lowest BCUT2D eigenvalue weighted by Gasteiger charge is -2.20. The topological polar surface area (TPSA) is 55.4 Å². The zero-order valence-electron chi connectivity index (χ0n) is 12.4. The summed E-state index contributed by atoms with van der Waals surface area (Å²) in [6, 6.07) is 5.81. The van der Waals surface area contributed by atoms with Gasteiger partial charge in [-0.3, -0.25) is 0 Å². The van der Waals surface area contributed by atoms with E-state index in [1.807, 2.05) is 18.2 Å². The molecule has 4 nitrogen and oxygen atoms in total. The molecule has 0 saturated carbocycles. The Labute approximate surface area is 130 Å². The van der Waals surface area contributed by atoms with Gasteiger partial charge < -0.3 is 10.1 Å². The summed E-state index contributed by atoms with van der Waals surface area (Å²) in [5.41, 5.74) is 1.21. The van der Waals surface area contributed by atoms with Gasteiger partial charge in [-0.15, -0.1) is 0 Å². The van der Waals surface area contributed by atoms with Gasteiger partial charge in [-0.1, -0.05) is 6.07 Å². The maximum atomic E-state index is 11.0. The Morgan fingerprint density at radius 3 is 2.45 bits per heavy atom. The van der Waals surface area contributed by atoms with Gasteiger partial charge in [0.25, 0.3) is 0 Å². The van der Waals surface area contributed by atoms with Gasteiger partial charge >= 0.3 is 0 Å². The minimum atomic E-state index is -2.99. The molecule has 0 atom stereocenters. The molecule has 0 bridgehead atoms. The summed E-state index contributed by atoms with van der Waals surface area (Å²) in [6.07, 6.45) is 1.20. The van der Waals surface area contributed by atoms with Crippen LogP contribution in [0.1, 0.15) is 26.3 Å². The smallest absolute Gasteiger partial charge is 0.150 e. The number of sulfone groups is 1. The third-order valence-corrected chi connectivity index (χ3v) is 4.06. The minimum Gasteiger partial charge on any atom is -0.491 e. The molecule has 20 heavy (non-hydrogen) atoms. The first kappa shape index (κ1) is 17.5.